The molecule has 0 fully saturated rings. The first-order valence-corrected chi connectivity index (χ1v) is 7.24. The highest BCUT2D eigenvalue weighted by molar-refractivity contribution is 5.83. The topological polar surface area (TPSA) is 67.9 Å². The van der Waals surface area contributed by atoms with Crippen LogP contribution in [0.3, 0.4) is 0 Å². The number of hydrogen-bond acceptors (Lipinski definition) is 4. The Balaban J connectivity index is 2.28. The van der Waals surface area contributed by atoms with Gasteiger partial charge in [0.1, 0.15) is 18.1 Å². The molecular weight excluding hydrogens is 284 g/mol. The van der Waals surface area contributed by atoms with Crippen molar-refractivity contribution in [1.82, 2.24) is 10.2 Å². The monoisotopic (exact) mass is 308 g/mol. The summed E-state index contributed by atoms with van der Waals surface area (Å²) >= 11 is 0. The van der Waals surface area contributed by atoms with Gasteiger partial charge in [-0.05, 0) is 38.1 Å². The van der Waals surface area contributed by atoms with Gasteiger partial charge >= 0.3 is 0 Å². The Labute approximate surface area is 131 Å². The fraction of sp³-hybridized carbons (Fsp3) is 0.500. The Morgan fingerprint density at radius 2 is 1.77 bits per heavy atom. The molecule has 0 aliphatic heterocycles. The number of nitrogens with zero attached hydrogens (tertiary/aromatic N) is 1. The van der Waals surface area contributed by atoms with Crippen molar-refractivity contribution >= 4 is 11.8 Å². The molecule has 1 N–H and O–H groups in total. The number of hydrogen-bond donors (Lipinski definition) is 1. The van der Waals surface area contributed by atoms with Crippen molar-refractivity contribution in [1.29, 1.82) is 0 Å². The van der Waals surface area contributed by atoms with Crippen LogP contribution in [0.5, 0.6) is 11.5 Å². The second-order valence-electron chi connectivity index (χ2n) is 5.11. The van der Waals surface area contributed by atoms with Gasteiger partial charge in [0, 0.05) is 13.0 Å². The average molecular weight is 308 g/mol. The molecule has 0 aliphatic carbocycles. The second kappa shape index (κ2) is 8.92. The Hall–Kier alpha value is -2.24. The Bertz CT molecular complexity index is 485. The van der Waals surface area contributed by atoms with E-state index in [0.29, 0.717) is 18.9 Å². The standard InChI is InChI=1S/C16H24N2O4/c1-12(2)18(13(3)19)11-16(20)17-9-10-22-15-7-5-14(21-4)6-8-15/h5-8,12H,9-11H2,1-4H3,(H,17,20). The Kier molecular flexibility index (Phi) is 7.22. The van der Waals surface area contributed by atoms with Crippen molar-refractivity contribution in [3.8, 4) is 11.5 Å². The second-order valence-corrected chi connectivity index (χ2v) is 5.11. The smallest absolute Gasteiger partial charge is 0.239 e. The number of nitrogens with one attached hydrogen (secondary N) is 1. The summed E-state index contributed by atoms with van der Waals surface area (Å²) in [5, 5.41) is 2.73. The number of ether oxygens (including phenoxy) is 2. The van der Waals surface area contributed by atoms with Crippen LogP contribution in [-0.4, -0.2) is 49.6 Å². The lowest BCUT2D eigenvalue weighted by atomic mass is 10.3. The zero-order chi connectivity index (χ0) is 16.5. The van der Waals surface area contributed by atoms with Gasteiger partial charge in [0.25, 0.3) is 0 Å². The lowest BCUT2D eigenvalue weighted by molar-refractivity contribution is -0.136. The van der Waals surface area contributed by atoms with Crippen molar-refractivity contribution in [2.45, 2.75) is 26.8 Å². The molecule has 6 nitrogen and oxygen atoms in total. The van der Waals surface area contributed by atoms with Crippen molar-refractivity contribution < 1.29 is 19.1 Å². The SMILES string of the molecule is COc1ccc(OCCNC(=O)CN(C(C)=O)C(C)C)cc1. The van der Waals surface area contributed by atoms with E-state index in [-0.39, 0.29) is 24.4 Å². The molecule has 6 heteroatoms. The van der Waals surface area contributed by atoms with Crippen molar-refractivity contribution in [3.05, 3.63) is 24.3 Å². The first kappa shape index (κ1) is 17.8. The molecule has 0 saturated heterocycles. The van der Waals surface area contributed by atoms with Gasteiger partial charge in [-0.3, -0.25) is 9.59 Å². The molecule has 0 saturated carbocycles. The van der Waals surface area contributed by atoms with Crippen LogP contribution < -0.4 is 14.8 Å². The third kappa shape index (κ3) is 6.03. The average Bonchev–Trinajstić information content (AvgIpc) is 2.49. The minimum atomic E-state index is -0.192. The number of benzene rings is 1. The first-order chi connectivity index (χ1) is 10.4. The van der Waals surface area contributed by atoms with Crippen LogP contribution in [0.25, 0.3) is 0 Å². The maximum absolute atomic E-state index is 11.8. The van der Waals surface area contributed by atoms with E-state index in [9.17, 15) is 9.59 Å². The molecule has 2 amide bonds. The molecule has 0 aliphatic rings. The molecular formula is C16H24N2O4. The van der Waals surface area contributed by atoms with Gasteiger partial charge in [0.05, 0.1) is 20.2 Å². The maximum Gasteiger partial charge on any atom is 0.239 e. The van der Waals surface area contributed by atoms with E-state index in [0.717, 1.165) is 5.75 Å². The molecule has 0 heterocycles. The summed E-state index contributed by atoms with van der Waals surface area (Å²) in [6.45, 7) is 6.02. The van der Waals surface area contributed by atoms with Gasteiger partial charge in [-0.15, -0.1) is 0 Å². The Morgan fingerprint density at radius 1 is 1.18 bits per heavy atom. The molecule has 0 unspecified atom stereocenters. The summed E-state index contributed by atoms with van der Waals surface area (Å²) in [5.41, 5.74) is 0. The third-order valence-electron chi connectivity index (χ3n) is 3.09. The summed E-state index contributed by atoms with van der Waals surface area (Å²) in [7, 11) is 1.60. The normalized spacial score (nSPS) is 10.2. The van der Waals surface area contributed by atoms with Crippen molar-refractivity contribution in [3.63, 3.8) is 0 Å². The van der Waals surface area contributed by atoms with Crippen LogP contribution in [0.2, 0.25) is 0 Å². The summed E-state index contributed by atoms with van der Waals surface area (Å²) in [6, 6.07) is 7.22. The van der Waals surface area contributed by atoms with E-state index in [2.05, 4.69) is 5.32 Å². The first-order valence-electron chi connectivity index (χ1n) is 7.24. The summed E-state index contributed by atoms with van der Waals surface area (Å²) < 4.78 is 10.6. The van der Waals surface area contributed by atoms with E-state index in [1.165, 1.54) is 11.8 Å². The van der Waals surface area contributed by atoms with Gasteiger partial charge in [0.2, 0.25) is 11.8 Å². The van der Waals surface area contributed by atoms with Crippen LogP contribution in [0, 0.1) is 0 Å². The minimum absolute atomic E-state index is 0.00111. The van der Waals surface area contributed by atoms with E-state index in [1.54, 1.807) is 31.4 Å². The molecule has 1 aromatic rings. The van der Waals surface area contributed by atoms with Crippen LogP contribution in [0.4, 0.5) is 0 Å². The summed E-state index contributed by atoms with van der Waals surface area (Å²) in [5.74, 6) is 1.17. The predicted molar refractivity (Wildman–Crippen MR) is 84.0 cm³/mol. The quantitative estimate of drug-likeness (QED) is 0.738. The number of carbonyl (C=O) groups is 2. The van der Waals surface area contributed by atoms with E-state index in [1.807, 2.05) is 13.8 Å². The number of amides is 2. The van der Waals surface area contributed by atoms with E-state index in [4.69, 9.17) is 9.47 Å². The molecule has 0 bridgehead atoms. The molecule has 1 rings (SSSR count). The largest absolute Gasteiger partial charge is 0.497 e. The van der Waals surface area contributed by atoms with Crippen molar-refractivity contribution in [2.75, 3.05) is 26.8 Å². The summed E-state index contributed by atoms with van der Waals surface area (Å²) in [4.78, 5) is 24.7. The fourth-order valence-corrected chi connectivity index (χ4v) is 1.90. The number of methoxy groups -OCH3 is 1. The molecule has 0 spiro atoms. The highest BCUT2D eigenvalue weighted by atomic mass is 16.5. The molecule has 1 aromatic carbocycles. The molecule has 0 atom stereocenters. The van der Waals surface area contributed by atoms with E-state index < -0.39 is 0 Å². The lowest BCUT2D eigenvalue weighted by Gasteiger charge is -2.24. The maximum atomic E-state index is 11.8. The molecule has 0 radical (unpaired) electrons. The van der Waals surface area contributed by atoms with Crippen LogP contribution in [-0.2, 0) is 9.59 Å². The van der Waals surface area contributed by atoms with Crippen molar-refractivity contribution in [2.24, 2.45) is 0 Å². The van der Waals surface area contributed by atoms with E-state index >= 15 is 0 Å². The van der Waals surface area contributed by atoms with Gasteiger partial charge in [-0.25, -0.2) is 0 Å². The predicted octanol–water partition coefficient (Wildman–Crippen LogP) is 1.45. The minimum Gasteiger partial charge on any atom is -0.497 e. The van der Waals surface area contributed by atoms with Gasteiger partial charge in [-0.1, -0.05) is 0 Å². The van der Waals surface area contributed by atoms with Gasteiger partial charge < -0.3 is 19.7 Å². The van der Waals surface area contributed by atoms with Crippen LogP contribution in [0.15, 0.2) is 24.3 Å². The Morgan fingerprint density at radius 3 is 2.27 bits per heavy atom. The summed E-state index contributed by atoms with van der Waals surface area (Å²) in [6.07, 6.45) is 0. The third-order valence-corrected chi connectivity index (χ3v) is 3.09. The number of carbonyl (C=O) groups excluding carboxylic acids is 2. The molecule has 0 aromatic heterocycles. The van der Waals surface area contributed by atoms with Crippen LogP contribution >= 0.6 is 0 Å². The zero-order valence-corrected chi connectivity index (χ0v) is 13.6. The van der Waals surface area contributed by atoms with Gasteiger partial charge in [0.15, 0.2) is 0 Å². The molecule has 22 heavy (non-hydrogen) atoms. The zero-order valence-electron chi connectivity index (χ0n) is 13.6. The highest BCUT2D eigenvalue weighted by Crippen LogP contribution is 2.16. The highest BCUT2D eigenvalue weighted by Gasteiger charge is 2.16. The van der Waals surface area contributed by atoms with Gasteiger partial charge in [-0.2, -0.15) is 0 Å². The lowest BCUT2D eigenvalue weighted by Crippen LogP contribution is -2.44. The van der Waals surface area contributed by atoms with Crippen LogP contribution in [0.1, 0.15) is 20.8 Å². The fourth-order valence-electron chi connectivity index (χ4n) is 1.90. The number of rotatable bonds is 8. The molecule has 122 valence electrons.